The number of ketones is 1. The summed E-state index contributed by atoms with van der Waals surface area (Å²) in [4.78, 5) is 10.9. The van der Waals surface area contributed by atoms with Crippen molar-refractivity contribution >= 4 is 5.78 Å². The van der Waals surface area contributed by atoms with Gasteiger partial charge in [0.05, 0.1) is 0 Å². The Morgan fingerprint density at radius 3 is 2.07 bits per heavy atom. The molecule has 14 heavy (non-hydrogen) atoms. The number of carbonyl (C=O) groups excluding carboxylic acids is 1. The Bertz CT molecular complexity index is 170. The van der Waals surface area contributed by atoms with Crippen molar-refractivity contribution in [2.24, 2.45) is 0 Å². The van der Waals surface area contributed by atoms with Crippen LogP contribution in [-0.2, 0) is 4.79 Å². The van der Waals surface area contributed by atoms with Crippen LogP contribution in [0, 0.1) is 0 Å². The molecule has 0 bridgehead atoms. The van der Waals surface area contributed by atoms with E-state index in [9.17, 15) is 4.79 Å². The maximum atomic E-state index is 10.9. The fraction of sp³-hybridized carbons (Fsp3) is 0.615. The monoisotopic (exact) mass is 194 g/mol. The van der Waals surface area contributed by atoms with Gasteiger partial charge in [0.15, 0.2) is 5.78 Å². The fourth-order valence-electron chi connectivity index (χ4n) is 1.40. The maximum Gasteiger partial charge on any atom is 0.155 e. The lowest BCUT2D eigenvalue weighted by atomic mass is 10.1. The Labute approximate surface area is 87.9 Å². The van der Waals surface area contributed by atoms with Gasteiger partial charge in [0, 0.05) is 6.42 Å². The van der Waals surface area contributed by atoms with Crippen LogP contribution < -0.4 is 0 Å². The first-order valence-corrected chi connectivity index (χ1v) is 5.57. The smallest absolute Gasteiger partial charge is 0.155 e. The van der Waals surface area contributed by atoms with E-state index < -0.39 is 0 Å². The molecule has 0 fully saturated rings. The third-order valence-electron chi connectivity index (χ3n) is 2.31. The lowest BCUT2D eigenvalue weighted by molar-refractivity contribution is -0.114. The Balaban J connectivity index is 3.02. The van der Waals surface area contributed by atoms with Crippen LogP contribution in [0.15, 0.2) is 25.3 Å². The van der Waals surface area contributed by atoms with Crippen molar-refractivity contribution in [2.75, 3.05) is 0 Å². The number of rotatable bonds is 10. The third-order valence-corrected chi connectivity index (χ3v) is 2.31. The zero-order chi connectivity index (χ0) is 10.6. The van der Waals surface area contributed by atoms with Gasteiger partial charge in [0.1, 0.15) is 0 Å². The molecule has 0 aliphatic rings. The highest BCUT2D eigenvalue weighted by Gasteiger charge is 1.95. The van der Waals surface area contributed by atoms with E-state index in [-0.39, 0.29) is 5.78 Å². The third kappa shape index (κ3) is 9.24. The maximum absolute atomic E-state index is 10.9. The standard InChI is InChI=1S/C13H22O/c1-3-5-6-7-8-9-10-11-12-13(14)4-2/h3-4H,1-2,5-12H2. The van der Waals surface area contributed by atoms with E-state index >= 15 is 0 Å². The molecule has 0 saturated heterocycles. The summed E-state index contributed by atoms with van der Waals surface area (Å²) >= 11 is 0. The molecule has 0 N–H and O–H groups in total. The van der Waals surface area contributed by atoms with Crippen LogP contribution in [0.1, 0.15) is 51.4 Å². The molecule has 1 nitrogen and oxygen atoms in total. The van der Waals surface area contributed by atoms with Crippen LogP contribution >= 0.6 is 0 Å². The number of allylic oxidation sites excluding steroid dienone is 2. The van der Waals surface area contributed by atoms with Gasteiger partial charge < -0.3 is 0 Å². The topological polar surface area (TPSA) is 17.1 Å². The molecule has 0 aliphatic heterocycles. The van der Waals surface area contributed by atoms with Crippen LogP contribution in [-0.4, -0.2) is 5.78 Å². The molecule has 0 saturated carbocycles. The minimum atomic E-state index is 0.177. The molecule has 0 aromatic carbocycles. The second kappa shape index (κ2) is 10.2. The van der Waals surface area contributed by atoms with Crippen LogP contribution in [0.25, 0.3) is 0 Å². The molecular formula is C13H22O. The molecule has 0 radical (unpaired) electrons. The first kappa shape index (κ1) is 13.2. The molecule has 0 aliphatic carbocycles. The van der Waals surface area contributed by atoms with Crippen molar-refractivity contribution in [1.29, 1.82) is 0 Å². The molecule has 0 rings (SSSR count). The Hall–Kier alpha value is -0.850. The second-order valence-corrected chi connectivity index (χ2v) is 3.62. The molecule has 0 amide bonds. The van der Waals surface area contributed by atoms with Gasteiger partial charge in [-0.1, -0.05) is 38.3 Å². The molecule has 0 spiro atoms. The van der Waals surface area contributed by atoms with Gasteiger partial charge in [-0.25, -0.2) is 0 Å². The SMILES string of the molecule is C=CCCCCCCCCC(=O)C=C. The summed E-state index contributed by atoms with van der Waals surface area (Å²) < 4.78 is 0. The number of carbonyl (C=O) groups is 1. The number of unbranched alkanes of at least 4 members (excludes halogenated alkanes) is 6. The van der Waals surface area contributed by atoms with E-state index in [1.54, 1.807) is 0 Å². The lowest BCUT2D eigenvalue weighted by Crippen LogP contribution is -1.91. The first-order chi connectivity index (χ1) is 6.81. The molecule has 0 aromatic rings. The summed E-state index contributed by atoms with van der Waals surface area (Å²) in [6.07, 6.45) is 12.5. The van der Waals surface area contributed by atoms with Crippen LogP contribution in [0.4, 0.5) is 0 Å². The minimum absolute atomic E-state index is 0.177. The molecule has 0 unspecified atom stereocenters. The molecule has 0 atom stereocenters. The summed E-state index contributed by atoms with van der Waals surface area (Å²) in [5.41, 5.74) is 0. The van der Waals surface area contributed by atoms with E-state index in [2.05, 4.69) is 13.2 Å². The van der Waals surface area contributed by atoms with Crippen LogP contribution in [0.5, 0.6) is 0 Å². The highest BCUT2D eigenvalue weighted by Crippen LogP contribution is 2.08. The van der Waals surface area contributed by atoms with E-state index in [1.807, 2.05) is 6.08 Å². The summed E-state index contributed by atoms with van der Waals surface area (Å²) in [6, 6.07) is 0. The van der Waals surface area contributed by atoms with Crippen molar-refractivity contribution in [3.05, 3.63) is 25.3 Å². The highest BCUT2D eigenvalue weighted by molar-refractivity contribution is 5.88. The average molecular weight is 194 g/mol. The number of hydrogen-bond acceptors (Lipinski definition) is 1. The predicted molar refractivity (Wildman–Crippen MR) is 62.3 cm³/mol. The van der Waals surface area contributed by atoms with Gasteiger partial charge in [0.2, 0.25) is 0 Å². The summed E-state index contributed by atoms with van der Waals surface area (Å²) in [6.45, 7) is 7.14. The van der Waals surface area contributed by atoms with Crippen molar-refractivity contribution < 1.29 is 4.79 Å². The Morgan fingerprint density at radius 2 is 1.50 bits per heavy atom. The Morgan fingerprint density at radius 1 is 0.929 bits per heavy atom. The van der Waals surface area contributed by atoms with Gasteiger partial charge in [-0.2, -0.15) is 0 Å². The van der Waals surface area contributed by atoms with Crippen molar-refractivity contribution in [3.8, 4) is 0 Å². The first-order valence-electron chi connectivity index (χ1n) is 5.57. The average Bonchev–Trinajstić information content (AvgIpc) is 2.21. The molecular weight excluding hydrogens is 172 g/mol. The highest BCUT2D eigenvalue weighted by atomic mass is 16.1. The van der Waals surface area contributed by atoms with Gasteiger partial charge in [-0.15, -0.1) is 6.58 Å². The van der Waals surface area contributed by atoms with E-state index in [0.717, 1.165) is 12.8 Å². The molecule has 0 aromatic heterocycles. The van der Waals surface area contributed by atoms with Crippen molar-refractivity contribution in [2.45, 2.75) is 51.4 Å². The molecule has 0 heterocycles. The summed E-state index contributed by atoms with van der Waals surface area (Å²) in [7, 11) is 0. The zero-order valence-corrected chi connectivity index (χ0v) is 9.13. The largest absolute Gasteiger partial charge is 0.295 e. The van der Waals surface area contributed by atoms with Gasteiger partial charge in [-0.05, 0) is 25.3 Å². The lowest BCUT2D eigenvalue weighted by Gasteiger charge is -1.99. The quantitative estimate of drug-likeness (QED) is 0.291. The van der Waals surface area contributed by atoms with E-state index in [4.69, 9.17) is 0 Å². The van der Waals surface area contributed by atoms with E-state index in [0.29, 0.717) is 6.42 Å². The minimum Gasteiger partial charge on any atom is -0.295 e. The van der Waals surface area contributed by atoms with E-state index in [1.165, 1.54) is 38.2 Å². The van der Waals surface area contributed by atoms with Crippen LogP contribution in [0.2, 0.25) is 0 Å². The Kier molecular flexibility index (Phi) is 9.61. The van der Waals surface area contributed by atoms with Gasteiger partial charge in [0.25, 0.3) is 0 Å². The summed E-state index contributed by atoms with van der Waals surface area (Å²) in [5.74, 6) is 0.177. The summed E-state index contributed by atoms with van der Waals surface area (Å²) in [5, 5.41) is 0. The fourth-order valence-corrected chi connectivity index (χ4v) is 1.40. The molecule has 1 heteroatoms. The van der Waals surface area contributed by atoms with Crippen LogP contribution in [0.3, 0.4) is 0 Å². The molecule has 80 valence electrons. The van der Waals surface area contributed by atoms with Crippen molar-refractivity contribution in [1.82, 2.24) is 0 Å². The second-order valence-electron chi connectivity index (χ2n) is 3.62. The zero-order valence-electron chi connectivity index (χ0n) is 9.13. The normalized spacial score (nSPS) is 9.71. The van der Waals surface area contributed by atoms with Gasteiger partial charge in [-0.3, -0.25) is 4.79 Å². The van der Waals surface area contributed by atoms with Gasteiger partial charge >= 0.3 is 0 Å². The predicted octanol–water partition coefficient (Wildman–Crippen LogP) is 4.05. The van der Waals surface area contributed by atoms with Crippen molar-refractivity contribution in [3.63, 3.8) is 0 Å². The number of hydrogen-bond donors (Lipinski definition) is 0.